The largest absolute Gasteiger partial charge is 0.308 e. The van der Waals surface area contributed by atoms with Crippen LogP contribution >= 0.6 is 0 Å². The minimum Gasteiger partial charge on any atom is -0.308 e. The number of nitrogens with one attached hydrogen (secondary N) is 1. The Kier molecular flexibility index (Phi) is 2.83. The van der Waals surface area contributed by atoms with Crippen molar-refractivity contribution in [3.63, 3.8) is 0 Å². The maximum absolute atomic E-state index is 3.61. The van der Waals surface area contributed by atoms with Crippen molar-refractivity contribution in [1.29, 1.82) is 0 Å². The van der Waals surface area contributed by atoms with Crippen LogP contribution in [0.4, 0.5) is 0 Å². The van der Waals surface area contributed by atoms with E-state index in [1.54, 1.807) is 0 Å². The highest BCUT2D eigenvalue weighted by molar-refractivity contribution is 5.35. The third-order valence-corrected chi connectivity index (χ3v) is 3.57. The molecule has 0 aliphatic heterocycles. The van der Waals surface area contributed by atoms with E-state index >= 15 is 0 Å². The van der Waals surface area contributed by atoms with Crippen LogP contribution in [-0.4, -0.2) is 6.54 Å². The Morgan fingerprint density at radius 2 is 1.69 bits per heavy atom. The van der Waals surface area contributed by atoms with Crippen molar-refractivity contribution in [2.75, 3.05) is 6.54 Å². The van der Waals surface area contributed by atoms with E-state index in [1.807, 2.05) is 0 Å². The van der Waals surface area contributed by atoms with E-state index < -0.39 is 0 Å². The minimum absolute atomic E-state index is 0.257. The van der Waals surface area contributed by atoms with E-state index in [2.05, 4.69) is 57.3 Å². The van der Waals surface area contributed by atoms with E-state index in [-0.39, 0.29) is 5.41 Å². The number of rotatable bonds is 3. The molecule has 1 aliphatic rings. The summed E-state index contributed by atoms with van der Waals surface area (Å²) in [5.41, 5.74) is 3.45. The lowest BCUT2D eigenvalue weighted by Gasteiger charge is -2.21. The highest BCUT2D eigenvalue weighted by atomic mass is 15.0. The summed E-state index contributed by atoms with van der Waals surface area (Å²) in [6, 6.07) is 9.17. The Balaban J connectivity index is 2.20. The Morgan fingerprint density at radius 3 is 2.06 bits per heavy atom. The van der Waals surface area contributed by atoms with Gasteiger partial charge in [0.2, 0.25) is 0 Å². The van der Waals surface area contributed by atoms with Crippen molar-refractivity contribution in [2.45, 2.75) is 51.5 Å². The van der Waals surface area contributed by atoms with E-state index in [4.69, 9.17) is 0 Å². The molecule has 0 bridgehead atoms. The third kappa shape index (κ3) is 2.15. The first-order valence-electron chi connectivity index (χ1n) is 6.34. The number of hydrogen-bond donors (Lipinski definition) is 1. The molecular formula is C15H23N. The smallest absolute Gasteiger partial charge is 0.0436 e. The summed E-state index contributed by atoms with van der Waals surface area (Å²) < 4.78 is 0. The molecule has 1 fully saturated rings. The van der Waals surface area contributed by atoms with Gasteiger partial charge in [0.1, 0.15) is 0 Å². The van der Waals surface area contributed by atoms with Crippen LogP contribution < -0.4 is 5.32 Å². The van der Waals surface area contributed by atoms with Crippen LogP contribution in [0.2, 0.25) is 0 Å². The summed E-state index contributed by atoms with van der Waals surface area (Å²) in [5.74, 6) is 0. The average Bonchev–Trinajstić information content (AvgIpc) is 2.99. The predicted octanol–water partition coefficient (Wildman–Crippen LogP) is 3.58. The second-order valence-electron chi connectivity index (χ2n) is 5.94. The van der Waals surface area contributed by atoms with Crippen LogP contribution in [0.25, 0.3) is 0 Å². The van der Waals surface area contributed by atoms with Gasteiger partial charge < -0.3 is 5.32 Å². The molecule has 1 heteroatoms. The first kappa shape index (κ1) is 11.7. The first-order valence-corrected chi connectivity index (χ1v) is 6.34. The molecule has 0 unspecified atom stereocenters. The van der Waals surface area contributed by atoms with E-state index in [0.717, 1.165) is 6.54 Å². The van der Waals surface area contributed by atoms with Gasteiger partial charge in [0.15, 0.2) is 0 Å². The van der Waals surface area contributed by atoms with Gasteiger partial charge >= 0.3 is 0 Å². The average molecular weight is 217 g/mol. The first-order chi connectivity index (χ1) is 7.48. The van der Waals surface area contributed by atoms with Crippen molar-refractivity contribution in [3.05, 3.63) is 35.4 Å². The van der Waals surface area contributed by atoms with Crippen molar-refractivity contribution < 1.29 is 0 Å². The van der Waals surface area contributed by atoms with Gasteiger partial charge in [-0.2, -0.15) is 0 Å². The van der Waals surface area contributed by atoms with Crippen molar-refractivity contribution in [3.8, 4) is 0 Å². The van der Waals surface area contributed by atoms with Gasteiger partial charge in [-0.1, -0.05) is 52.0 Å². The van der Waals surface area contributed by atoms with Crippen LogP contribution in [0.3, 0.4) is 0 Å². The molecule has 0 heterocycles. The lowest BCUT2D eigenvalue weighted by atomic mass is 9.86. The molecule has 0 atom stereocenters. The topological polar surface area (TPSA) is 12.0 Å². The summed E-state index contributed by atoms with van der Waals surface area (Å²) in [4.78, 5) is 0. The molecule has 2 rings (SSSR count). The summed E-state index contributed by atoms with van der Waals surface area (Å²) in [6.45, 7) is 10.0. The van der Waals surface area contributed by atoms with Crippen molar-refractivity contribution in [1.82, 2.24) is 5.32 Å². The zero-order valence-electron chi connectivity index (χ0n) is 10.9. The standard InChI is InChI=1S/C15H23N/c1-5-16-15(10-11-15)13-8-6-12(7-9-13)14(2,3)4/h6-9,16H,5,10-11H2,1-4H3. The second-order valence-corrected chi connectivity index (χ2v) is 5.94. The highest BCUT2D eigenvalue weighted by Crippen LogP contribution is 2.45. The van der Waals surface area contributed by atoms with Crippen LogP contribution in [0.1, 0.15) is 51.7 Å². The van der Waals surface area contributed by atoms with Crippen LogP contribution in [0.15, 0.2) is 24.3 Å². The molecule has 1 aromatic rings. The molecule has 16 heavy (non-hydrogen) atoms. The van der Waals surface area contributed by atoms with Gasteiger partial charge in [-0.15, -0.1) is 0 Å². The van der Waals surface area contributed by atoms with Crippen LogP contribution in [0, 0.1) is 0 Å². The van der Waals surface area contributed by atoms with Crippen LogP contribution in [0.5, 0.6) is 0 Å². The van der Waals surface area contributed by atoms with E-state index in [0.29, 0.717) is 5.54 Å². The summed E-state index contributed by atoms with van der Waals surface area (Å²) in [7, 11) is 0. The van der Waals surface area contributed by atoms with Gasteiger partial charge in [-0.05, 0) is 35.9 Å². The molecule has 0 saturated heterocycles. The predicted molar refractivity (Wildman–Crippen MR) is 69.7 cm³/mol. The Hall–Kier alpha value is -0.820. The Morgan fingerprint density at radius 1 is 1.12 bits per heavy atom. The normalized spacial score (nSPS) is 18.5. The zero-order valence-corrected chi connectivity index (χ0v) is 10.9. The maximum atomic E-state index is 3.61. The van der Waals surface area contributed by atoms with Crippen LogP contribution in [-0.2, 0) is 11.0 Å². The fraction of sp³-hybridized carbons (Fsp3) is 0.600. The quantitative estimate of drug-likeness (QED) is 0.816. The van der Waals surface area contributed by atoms with E-state index in [1.165, 1.54) is 24.0 Å². The van der Waals surface area contributed by atoms with Gasteiger partial charge in [0, 0.05) is 5.54 Å². The lowest BCUT2D eigenvalue weighted by molar-refractivity contribution is 0.537. The highest BCUT2D eigenvalue weighted by Gasteiger charge is 2.43. The lowest BCUT2D eigenvalue weighted by Crippen LogP contribution is -2.28. The second kappa shape index (κ2) is 3.89. The summed E-state index contributed by atoms with van der Waals surface area (Å²) in [6.07, 6.45) is 2.57. The zero-order chi connectivity index (χ0) is 11.8. The molecular weight excluding hydrogens is 194 g/mol. The molecule has 0 radical (unpaired) electrons. The maximum Gasteiger partial charge on any atom is 0.0436 e. The third-order valence-electron chi connectivity index (χ3n) is 3.57. The summed E-state index contributed by atoms with van der Waals surface area (Å²) >= 11 is 0. The molecule has 0 aromatic heterocycles. The minimum atomic E-state index is 0.257. The molecule has 0 spiro atoms. The molecule has 1 nitrogen and oxygen atoms in total. The fourth-order valence-electron chi connectivity index (χ4n) is 2.32. The van der Waals surface area contributed by atoms with Gasteiger partial charge in [0.05, 0.1) is 0 Å². The van der Waals surface area contributed by atoms with E-state index in [9.17, 15) is 0 Å². The van der Waals surface area contributed by atoms with Gasteiger partial charge in [0.25, 0.3) is 0 Å². The monoisotopic (exact) mass is 217 g/mol. The number of benzene rings is 1. The molecule has 1 N–H and O–H groups in total. The van der Waals surface area contributed by atoms with Crippen molar-refractivity contribution in [2.24, 2.45) is 0 Å². The van der Waals surface area contributed by atoms with Gasteiger partial charge in [-0.25, -0.2) is 0 Å². The molecule has 1 aromatic carbocycles. The Bertz CT molecular complexity index is 352. The molecule has 88 valence electrons. The number of hydrogen-bond acceptors (Lipinski definition) is 1. The van der Waals surface area contributed by atoms with Crippen molar-refractivity contribution >= 4 is 0 Å². The van der Waals surface area contributed by atoms with Gasteiger partial charge in [-0.3, -0.25) is 0 Å². The Labute approximate surface area is 99.3 Å². The summed E-state index contributed by atoms with van der Waals surface area (Å²) in [5, 5.41) is 3.61. The molecule has 0 amide bonds. The molecule has 1 aliphatic carbocycles. The fourth-order valence-corrected chi connectivity index (χ4v) is 2.32. The SMILES string of the molecule is CCNC1(c2ccc(C(C)(C)C)cc2)CC1. The molecule has 1 saturated carbocycles.